The lowest BCUT2D eigenvalue weighted by Crippen LogP contribution is -2.16. The van der Waals surface area contributed by atoms with Crippen molar-refractivity contribution in [2.75, 3.05) is 0 Å². The van der Waals surface area contributed by atoms with E-state index in [-0.39, 0.29) is 5.56 Å². The van der Waals surface area contributed by atoms with E-state index < -0.39 is 23.1 Å². The molecule has 1 N–H and O–H groups in total. The number of hydrogen-bond donors (Lipinski definition) is 1. The average Bonchev–Trinajstić information content (AvgIpc) is 2.14. The molecule has 0 aliphatic rings. The number of halogens is 3. The average molecular weight is 246 g/mol. The highest BCUT2D eigenvalue weighted by Gasteiger charge is 2.32. The topological polar surface area (TPSA) is 37.3 Å². The van der Waals surface area contributed by atoms with Crippen LogP contribution in [0.3, 0.4) is 0 Å². The summed E-state index contributed by atoms with van der Waals surface area (Å²) in [4.78, 5) is 10.8. The van der Waals surface area contributed by atoms with Gasteiger partial charge in [-0.3, -0.25) is 0 Å². The molecule has 0 aromatic heterocycles. The molecule has 0 radical (unpaired) electrons. The van der Waals surface area contributed by atoms with Gasteiger partial charge in [0.1, 0.15) is 0 Å². The Morgan fingerprint density at radius 1 is 1.06 bits per heavy atom. The molecule has 94 valence electrons. The van der Waals surface area contributed by atoms with Crippen molar-refractivity contribution in [1.82, 2.24) is 0 Å². The molecule has 0 saturated heterocycles. The van der Waals surface area contributed by atoms with Crippen LogP contribution in [0.2, 0.25) is 0 Å². The first-order valence-corrected chi connectivity index (χ1v) is 4.98. The lowest BCUT2D eigenvalue weighted by Gasteiger charge is -2.21. The highest BCUT2D eigenvalue weighted by atomic mass is 19.4. The maximum Gasteiger partial charge on any atom is 0.416 e. The second kappa shape index (κ2) is 4.05. The second-order valence-electron chi connectivity index (χ2n) is 4.85. The maximum atomic E-state index is 12.6. The van der Waals surface area contributed by atoms with Crippen molar-refractivity contribution in [2.45, 2.75) is 32.4 Å². The molecule has 0 spiro atoms. The predicted octanol–water partition coefficient (Wildman–Crippen LogP) is 3.70. The number of alkyl halides is 3. The highest BCUT2D eigenvalue weighted by molar-refractivity contribution is 5.88. The van der Waals surface area contributed by atoms with Crippen LogP contribution in [-0.2, 0) is 11.6 Å². The van der Waals surface area contributed by atoms with Gasteiger partial charge in [0.2, 0.25) is 0 Å². The minimum absolute atomic E-state index is 0.343. The van der Waals surface area contributed by atoms with Gasteiger partial charge in [-0.05, 0) is 29.2 Å². The minimum Gasteiger partial charge on any atom is -0.478 e. The molecule has 0 heterocycles. The van der Waals surface area contributed by atoms with Crippen molar-refractivity contribution in [1.29, 1.82) is 0 Å². The Balaban J connectivity index is 3.45. The molecule has 0 fully saturated rings. The third-order valence-electron chi connectivity index (χ3n) is 2.37. The van der Waals surface area contributed by atoms with E-state index in [1.165, 1.54) is 6.07 Å². The molecule has 0 bridgehead atoms. The quantitative estimate of drug-likeness (QED) is 0.820. The number of hydrogen-bond acceptors (Lipinski definition) is 1. The van der Waals surface area contributed by atoms with Gasteiger partial charge in [0.15, 0.2) is 0 Å². The lowest BCUT2D eigenvalue weighted by atomic mass is 9.85. The zero-order chi connectivity index (χ0) is 13.4. The number of carboxylic acid groups (broad SMARTS) is 1. The summed E-state index contributed by atoms with van der Waals surface area (Å²) in [6.07, 6.45) is -4.54. The van der Waals surface area contributed by atoms with E-state index in [0.29, 0.717) is 11.6 Å². The van der Waals surface area contributed by atoms with Gasteiger partial charge in [0.05, 0.1) is 11.1 Å². The zero-order valence-corrected chi connectivity index (χ0v) is 9.72. The summed E-state index contributed by atoms with van der Waals surface area (Å²) in [6, 6.07) is 2.92. The van der Waals surface area contributed by atoms with E-state index >= 15 is 0 Å². The van der Waals surface area contributed by atoms with E-state index in [1.807, 2.05) is 0 Å². The van der Waals surface area contributed by atoms with Gasteiger partial charge in [-0.15, -0.1) is 0 Å². The molecule has 0 aliphatic carbocycles. The number of carbonyl (C=O) groups is 1. The minimum atomic E-state index is -4.54. The van der Waals surface area contributed by atoms with Crippen molar-refractivity contribution in [3.05, 3.63) is 34.9 Å². The lowest BCUT2D eigenvalue weighted by molar-refractivity contribution is -0.137. The van der Waals surface area contributed by atoms with E-state index in [1.54, 1.807) is 20.8 Å². The van der Waals surface area contributed by atoms with Gasteiger partial charge >= 0.3 is 12.1 Å². The Labute approximate surface area is 97.1 Å². The summed E-state index contributed by atoms with van der Waals surface area (Å²) < 4.78 is 37.8. The number of rotatable bonds is 1. The molecule has 17 heavy (non-hydrogen) atoms. The Kier molecular flexibility index (Phi) is 3.23. The van der Waals surface area contributed by atoms with Gasteiger partial charge in [0.25, 0.3) is 0 Å². The fourth-order valence-electron chi connectivity index (χ4n) is 1.35. The van der Waals surface area contributed by atoms with Crippen molar-refractivity contribution >= 4 is 5.97 Å². The first-order valence-electron chi connectivity index (χ1n) is 4.98. The molecule has 0 aliphatic heterocycles. The Morgan fingerprint density at radius 3 is 1.88 bits per heavy atom. The fourth-order valence-corrected chi connectivity index (χ4v) is 1.35. The van der Waals surface area contributed by atoms with Crippen LogP contribution in [0, 0.1) is 0 Å². The first kappa shape index (κ1) is 13.5. The summed E-state index contributed by atoms with van der Waals surface area (Å²) in [5.41, 5.74) is -1.46. The SMILES string of the molecule is CC(C)(C)c1cc(C(=O)O)cc(C(F)(F)F)c1. The first-order chi connectivity index (χ1) is 7.51. The number of carboxylic acids is 1. The third kappa shape index (κ3) is 3.22. The summed E-state index contributed by atoms with van der Waals surface area (Å²) in [7, 11) is 0. The summed E-state index contributed by atoms with van der Waals surface area (Å²) in [6.45, 7) is 5.19. The van der Waals surface area contributed by atoms with Crippen LogP contribution >= 0.6 is 0 Å². The molecular weight excluding hydrogens is 233 g/mol. The summed E-state index contributed by atoms with van der Waals surface area (Å²) in [5, 5.41) is 8.80. The molecule has 1 aromatic rings. The third-order valence-corrected chi connectivity index (χ3v) is 2.37. The van der Waals surface area contributed by atoms with Crippen molar-refractivity contribution in [2.24, 2.45) is 0 Å². The molecule has 0 amide bonds. The molecule has 5 heteroatoms. The fraction of sp³-hybridized carbons (Fsp3) is 0.417. The van der Waals surface area contributed by atoms with Crippen LogP contribution in [0.1, 0.15) is 42.3 Å². The van der Waals surface area contributed by atoms with Crippen molar-refractivity contribution < 1.29 is 23.1 Å². The van der Waals surface area contributed by atoms with Crippen LogP contribution < -0.4 is 0 Å². The van der Waals surface area contributed by atoms with Gasteiger partial charge in [-0.25, -0.2) is 4.79 Å². The van der Waals surface area contributed by atoms with Gasteiger partial charge < -0.3 is 5.11 Å². The van der Waals surface area contributed by atoms with Gasteiger partial charge in [0, 0.05) is 0 Å². The number of benzene rings is 1. The van der Waals surface area contributed by atoms with E-state index in [4.69, 9.17) is 5.11 Å². The second-order valence-corrected chi connectivity index (χ2v) is 4.85. The smallest absolute Gasteiger partial charge is 0.416 e. The largest absolute Gasteiger partial charge is 0.478 e. The van der Waals surface area contributed by atoms with Crippen molar-refractivity contribution in [3.8, 4) is 0 Å². The Bertz CT molecular complexity index is 410. The molecule has 0 atom stereocenters. The maximum absolute atomic E-state index is 12.6. The van der Waals surface area contributed by atoms with Crippen LogP contribution in [0.25, 0.3) is 0 Å². The molecular formula is C12H13F3O2. The molecule has 0 unspecified atom stereocenters. The van der Waals surface area contributed by atoms with Crippen LogP contribution in [-0.4, -0.2) is 11.1 Å². The Hall–Kier alpha value is -1.52. The highest BCUT2D eigenvalue weighted by Crippen LogP contribution is 2.33. The van der Waals surface area contributed by atoms with E-state index in [9.17, 15) is 18.0 Å². The molecule has 1 rings (SSSR count). The van der Waals surface area contributed by atoms with E-state index in [0.717, 1.165) is 6.07 Å². The summed E-state index contributed by atoms with van der Waals surface area (Å²) >= 11 is 0. The van der Waals surface area contributed by atoms with Crippen LogP contribution in [0.15, 0.2) is 18.2 Å². The number of aromatic carboxylic acids is 1. The Morgan fingerprint density at radius 2 is 1.53 bits per heavy atom. The zero-order valence-electron chi connectivity index (χ0n) is 9.72. The standard InChI is InChI=1S/C12H13F3O2/c1-11(2,3)8-4-7(10(16)17)5-9(6-8)12(13,14)15/h4-6H,1-3H3,(H,16,17). The van der Waals surface area contributed by atoms with E-state index in [2.05, 4.69) is 0 Å². The molecule has 0 saturated carbocycles. The predicted molar refractivity (Wildman–Crippen MR) is 57.1 cm³/mol. The van der Waals surface area contributed by atoms with Gasteiger partial charge in [-0.2, -0.15) is 13.2 Å². The van der Waals surface area contributed by atoms with Crippen molar-refractivity contribution in [3.63, 3.8) is 0 Å². The van der Waals surface area contributed by atoms with Gasteiger partial charge in [-0.1, -0.05) is 20.8 Å². The summed E-state index contributed by atoms with van der Waals surface area (Å²) in [5.74, 6) is -1.36. The van der Waals surface area contributed by atoms with Crippen LogP contribution in [0.4, 0.5) is 13.2 Å². The monoisotopic (exact) mass is 246 g/mol. The molecule has 2 nitrogen and oxygen atoms in total. The normalized spacial score (nSPS) is 12.6. The molecule has 1 aromatic carbocycles. The van der Waals surface area contributed by atoms with Crippen LogP contribution in [0.5, 0.6) is 0 Å².